The fourth-order valence-corrected chi connectivity index (χ4v) is 3.64. The summed E-state index contributed by atoms with van der Waals surface area (Å²) in [6.07, 6.45) is 1.80. The summed E-state index contributed by atoms with van der Waals surface area (Å²) in [6.45, 7) is 1.48. The van der Waals surface area contributed by atoms with E-state index in [1.807, 2.05) is 24.3 Å². The van der Waals surface area contributed by atoms with Crippen molar-refractivity contribution < 1.29 is 13.9 Å². The van der Waals surface area contributed by atoms with Gasteiger partial charge in [0.2, 0.25) is 0 Å². The molecule has 2 aromatic carbocycles. The van der Waals surface area contributed by atoms with Gasteiger partial charge in [-0.3, -0.25) is 0 Å². The van der Waals surface area contributed by atoms with Crippen molar-refractivity contribution >= 4 is 5.69 Å². The molecule has 1 heterocycles. The lowest BCUT2D eigenvalue weighted by molar-refractivity contribution is 0.352. The summed E-state index contributed by atoms with van der Waals surface area (Å²) in [5.74, 6) is 1.62. The maximum absolute atomic E-state index is 14.1. The number of methoxy groups -OCH3 is 2. The second-order valence-electron chi connectivity index (χ2n) is 6.61. The van der Waals surface area contributed by atoms with E-state index in [1.54, 1.807) is 20.3 Å². The van der Waals surface area contributed by atoms with Gasteiger partial charge in [0.05, 0.1) is 19.9 Å². The minimum atomic E-state index is -0.193. The van der Waals surface area contributed by atoms with Gasteiger partial charge in [-0.05, 0) is 48.6 Å². The first-order valence-corrected chi connectivity index (χ1v) is 8.56. The molecule has 0 amide bonds. The van der Waals surface area contributed by atoms with E-state index in [9.17, 15) is 4.39 Å². The molecule has 1 aliphatic heterocycles. The third-order valence-electron chi connectivity index (χ3n) is 4.74. The molecule has 134 valence electrons. The van der Waals surface area contributed by atoms with E-state index in [2.05, 4.69) is 11.0 Å². The molecular formula is C20H25FN2O2. The molecule has 1 fully saturated rings. The minimum absolute atomic E-state index is 0.0403. The number of anilines is 1. The van der Waals surface area contributed by atoms with Gasteiger partial charge in [-0.2, -0.15) is 0 Å². The van der Waals surface area contributed by atoms with E-state index in [4.69, 9.17) is 15.2 Å². The van der Waals surface area contributed by atoms with Crippen LogP contribution in [0, 0.1) is 11.7 Å². The van der Waals surface area contributed by atoms with Crippen LogP contribution in [0.5, 0.6) is 11.5 Å². The summed E-state index contributed by atoms with van der Waals surface area (Å²) >= 11 is 0. The summed E-state index contributed by atoms with van der Waals surface area (Å²) in [7, 11) is 3.27. The molecule has 4 nitrogen and oxygen atoms in total. The van der Waals surface area contributed by atoms with Crippen molar-refractivity contribution in [3.63, 3.8) is 0 Å². The summed E-state index contributed by atoms with van der Waals surface area (Å²) in [5.41, 5.74) is 8.06. The Balaban J connectivity index is 1.75. The van der Waals surface area contributed by atoms with Crippen molar-refractivity contribution in [3.05, 3.63) is 53.8 Å². The lowest BCUT2D eigenvalue weighted by atomic mass is 9.88. The van der Waals surface area contributed by atoms with Gasteiger partial charge in [-0.15, -0.1) is 0 Å². The maximum atomic E-state index is 14.1. The second kappa shape index (κ2) is 7.74. The standard InChI is InChI=1S/C20H25FN2O2/c1-24-19-8-7-14(11-20(19)25-2)9-15-10-16(22)13-23(12-15)18-6-4-3-5-17(18)21/h3-8,11,15-16H,9-10,12-13,22H2,1-2H3. The predicted molar refractivity (Wildman–Crippen MR) is 97.9 cm³/mol. The summed E-state index contributed by atoms with van der Waals surface area (Å²) in [4.78, 5) is 2.06. The number of nitrogens with two attached hydrogens (primary N) is 1. The van der Waals surface area contributed by atoms with Gasteiger partial charge in [-0.25, -0.2) is 4.39 Å². The second-order valence-corrected chi connectivity index (χ2v) is 6.61. The molecule has 1 aliphatic rings. The van der Waals surface area contributed by atoms with Gasteiger partial charge in [0.1, 0.15) is 5.82 Å². The zero-order valence-corrected chi connectivity index (χ0v) is 14.7. The lowest BCUT2D eigenvalue weighted by Crippen LogP contribution is -2.48. The molecule has 0 aliphatic carbocycles. The number of rotatable bonds is 5. The molecule has 3 rings (SSSR count). The van der Waals surface area contributed by atoms with Crippen LogP contribution in [0.4, 0.5) is 10.1 Å². The quantitative estimate of drug-likeness (QED) is 0.905. The Bertz CT molecular complexity index is 723. The van der Waals surface area contributed by atoms with Gasteiger partial charge in [0.25, 0.3) is 0 Å². The normalized spacial score (nSPS) is 20.4. The smallest absolute Gasteiger partial charge is 0.160 e. The van der Waals surface area contributed by atoms with E-state index in [0.29, 0.717) is 18.2 Å². The Kier molecular flexibility index (Phi) is 5.43. The van der Waals surface area contributed by atoms with E-state index in [-0.39, 0.29) is 11.9 Å². The lowest BCUT2D eigenvalue weighted by Gasteiger charge is -2.38. The SMILES string of the molecule is COc1ccc(CC2CC(N)CN(c3ccccc3F)C2)cc1OC. The van der Waals surface area contributed by atoms with Crippen LogP contribution >= 0.6 is 0 Å². The third-order valence-corrected chi connectivity index (χ3v) is 4.74. The summed E-state index contributed by atoms with van der Waals surface area (Å²) in [5, 5.41) is 0. The molecule has 0 aromatic heterocycles. The molecule has 2 N–H and O–H groups in total. The van der Waals surface area contributed by atoms with E-state index in [1.165, 1.54) is 11.6 Å². The molecule has 0 bridgehead atoms. The Morgan fingerprint density at radius 1 is 1.08 bits per heavy atom. The van der Waals surface area contributed by atoms with Crippen LogP contribution in [0.25, 0.3) is 0 Å². The van der Waals surface area contributed by atoms with Crippen LogP contribution in [0.2, 0.25) is 0 Å². The van der Waals surface area contributed by atoms with Crippen LogP contribution in [0.15, 0.2) is 42.5 Å². The highest BCUT2D eigenvalue weighted by Gasteiger charge is 2.27. The number of hydrogen-bond acceptors (Lipinski definition) is 4. The Labute approximate surface area is 148 Å². The first kappa shape index (κ1) is 17.5. The van der Waals surface area contributed by atoms with Crippen molar-refractivity contribution in [2.75, 3.05) is 32.2 Å². The maximum Gasteiger partial charge on any atom is 0.160 e. The summed E-state index contributed by atoms with van der Waals surface area (Å²) in [6, 6.07) is 12.9. The van der Waals surface area contributed by atoms with Gasteiger partial charge in [-0.1, -0.05) is 18.2 Å². The zero-order chi connectivity index (χ0) is 17.8. The number of nitrogens with zero attached hydrogens (tertiary/aromatic N) is 1. The predicted octanol–water partition coefficient (Wildman–Crippen LogP) is 3.24. The molecular weight excluding hydrogens is 319 g/mol. The Morgan fingerprint density at radius 3 is 2.56 bits per heavy atom. The highest BCUT2D eigenvalue weighted by molar-refractivity contribution is 5.48. The molecule has 5 heteroatoms. The fourth-order valence-electron chi connectivity index (χ4n) is 3.64. The molecule has 2 aromatic rings. The number of ether oxygens (including phenoxy) is 2. The third kappa shape index (κ3) is 4.04. The van der Waals surface area contributed by atoms with Crippen LogP contribution in [0.1, 0.15) is 12.0 Å². The number of benzene rings is 2. The first-order chi connectivity index (χ1) is 12.1. The number of hydrogen-bond donors (Lipinski definition) is 1. The highest BCUT2D eigenvalue weighted by atomic mass is 19.1. The molecule has 2 atom stereocenters. The molecule has 1 saturated heterocycles. The molecule has 0 radical (unpaired) electrons. The number of para-hydroxylation sites is 1. The number of piperidine rings is 1. The zero-order valence-electron chi connectivity index (χ0n) is 14.7. The van der Waals surface area contributed by atoms with Crippen LogP contribution in [-0.2, 0) is 6.42 Å². The largest absolute Gasteiger partial charge is 0.493 e. The Hall–Kier alpha value is -2.27. The minimum Gasteiger partial charge on any atom is -0.493 e. The van der Waals surface area contributed by atoms with E-state index >= 15 is 0 Å². The first-order valence-electron chi connectivity index (χ1n) is 8.56. The molecule has 0 saturated carbocycles. The molecule has 2 unspecified atom stereocenters. The topological polar surface area (TPSA) is 47.7 Å². The van der Waals surface area contributed by atoms with Crippen LogP contribution < -0.4 is 20.1 Å². The van der Waals surface area contributed by atoms with Gasteiger partial charge < -0.3 is 20.1 Å². The van der Waals surface area contributed by atoms with E-state index in [0.717, 1.165) is 30.9 Å². The molecule has 0 spiro atoms. The van der Waals surface area contributed by atoms with Gasteiger partial charge in [0, 0.05) is 19.1 Å². The van der Waals surface area contributed by atoms with Crippen molar-refractivity contribution in [1.29, 1.82) is 0 Å². The average molecular weight is 344 g/mol. The highest BCUT2D eigenvalue weighted by Crippen LogP contribution is 2.31. The molecule has 25 heavy (non-hydrogen) atoms. The van der Waals surface area contributed by atoms with Crippen LogP contribution in [0.3, 0.4) is 0 Å². The van der Waals surface area contributed by atoms with Crippen molar-refractivity contribution in [3.8, 4) is 11.5 Å². The van der Waals surface area contributed by atoms with E-state index < -0.39 is 0 Å². The van der Waals surface area contributed by atoms with Crippen molar-refractivity contribution in [2.24, 2.45) is 11.7 Å². The fraction of sp³-hybridized carbons (Fsp3) is 0.400. The monoisotopic (exact) mass is 344 g/mol. The average Bonchev–Trinajstić information content (AvgIpc) is 2.61. The van der Waals surface area contributed by atoms with Crippen molar-refractivity contribution in [2.45, 2.75) is 18.9 Å². The Morgan fingerprint density at radius 2 is 1.84 bits per heavy atom. The summed E-state index contributed by atoms with van der Waals surface area (Å²) < 4.78 is 24.8. The number of halogens is 1. The van der Waals surface area contributed by atoms with Gasteiger partial charge in [0.15, 0.2) is 11.5 Å². The van der Waals surface area contributed by atoms with Crippen molar-refractivity contribution in [1.82, 2.24) is 0 Å². The van der Waals surface area contributed by atoms with Gasteiger partial charge >= 0.3 is 0 Å². The van der Waals surface area contributed by atoms with Crippen LogP contribution in [-0.4, -0.2) is 33.4 Å².